The average molecular weight is 166 g/mol. The fraction of sp³-hybridized carbons (Fsp3) is 0.727. The second kappa shape index (κ2) is 3.88. The van der Waals surface area contributed by atoms with Gasteiger partial charge >= 0.3 is 0 Å². The maximum Gasteiger partial charge on any atom is 0.155 e. The summed E-state index contributed by atoms with van der Waals surface area (Å²) < 4.78 is 0. The normalized spacial score (nSPS) is 24.5. The monoisotopic (exact) mass is 166 g/mol. The quantitative estimate of drug-likeness (QED) is 0.616. The van der Waals surface area contributed by atoms with Crippen molar-refractivity contribution in [2.45, 2.75) is 40.0 Å². The Balaban J connectivity index is 2.50. The third kappa shape index (κ3) is 2.80. The standard InChI is InChI=1S/C11H18O/c1-8(2)4-10-5-9(3)6-11(12)7-10/h6,8,10H,4-5,7H2,1-3H3/t10-/m0/s1. The SMILES string of the molecule is CC1=CC(=O)C[C@@H](CC(C)C)C1. The molecular weight excluding hydrogens is 148 g/mol. The first-order chi connectivity index (χ1) is 5.58. The van der Waals surface area contributed by atoms with Crippen LogP contribution in [-0.2, 0) is 4.79 Å². The minimum atomic E-state index is 0.324. The number of ketones is 1. The van der Waals surface area contributed by atoms with Crippen LogP contribution in [0.25, 0.3) is 0 Å². The zero-order valence-electron chi connectivity index (χ0n) is 8.26. The molecule has 0 aromatic rings. The van der Waals surface area contributed by atoms with Crippen molar-refractivity contribution < 1.29 is 4.79 Å². The molecule has 0 N–H and O–H groups in total. The molecule has 1 nitrogen and oxygen atoms in total. The van der Waals surface area contributed by atoms with Gasteiger partial charge in [-0.15, -0.1) is 0 Å². The van der Waals surface area contributed by atoms with Gasteiger partial charge in [-0.1, -0.05) is 19.4 Å². The van der Waals surface area contributed by atoms with Crippen LogP contribution in [-0.4, -0.2) is 5.78 Å². The second-order valence-electron chi connectivity index (χ2n) is 4.36. The summed E-state index contributed by atoms with van der Waals surface area (Å²) in [6.45, 7) is 6.50. The Kier molecular flexibility index (Phi) is 3.07. The van der Waals surface area contributed by atoms with E-state index in [4.69, 9.17) is 0 Å². The first-order valence-corrected chi connectivity index (χ1v) is 4.78. The van der Waals surface area contributed by atoms with E-state index in [0.717, 1.165) is 12.8 Å². The lowest BCUT2D eigenvalue weighted by molar-refractivity contribution is -0.116. The molecule has 0 aliphatic heterocycles. The van der Waals surface area contributed by atoms with Crippen LogP contribution in [0.3, 0.4) is 0 Å². The summed E-state index contributed by atoms with van der Waals surface area (Å²) in [5, 5.41) is 0. The number of hydrogen-bond acceptors (Lipinski definition) is 1. The van der Waals surface area contributed by atoms with Gasteiger partial charge in [0.05, 0.1) is 0 Å². The van der Waals surface area contributed by atoms with Crippen LogP contribution in [0, 0.1) is 11.8 Å². The van der Waals surface area contributed by atoms with E-state index in [0.29, 0.717) is 17.6 Å². The van der Waals surface area contributed by atoms with Crippen molar-refractivity contribution in [1.29, 1.82) is 0 Å². The molecule has 0 saturated heterocycles. The van der Waals surface area contributed by atoms with E-state index in [1.54, 1.807) is 6.08 Å². The van der Waals surface area contributed by atoms with E-state index in [2.05, 4.69) is 20.8 Å². The first kappa shape index (κ1) is 9.50. The molecule has 0 amide bonds. The van der Waals surface area contributed by atoms with Gasteiger partial charge in [-0.2, -0.15) is 0 Å². The minimum absolute atomic E-state index is 0.324. The molecule has 0 saturated carbocycles. The maximum absolute atomic E-state index is 11.2. The summed E-state index contributed by atoms with van der Waals surface area (Å²) >= 11 is 0. The highest BCUT2D eigenvalue weighted by molar-refractivity contribution is 5.91. The second-order valence-corrected chi connectivity index (χ2v) is 4.36. The number of carbonyl (C=O) groups is 1. The molecular formula is C11H18O. The molecule has 1 rings (SSSR count). The molecule has 1 aliphatic carbocycles. The summed E-state index contributed by atoms with van der Waals surface area (Å²) in [5.41, 5.74) is 1.26. The third-order valence-corrected chi connectivity index (χ3v) is 2.31. The topological polar surface area (TPSA) is 17.1 Å². The van der Waals surface area contributed by atoms with Crippen molar-refractivity contribution in [3.8, 4) is 0 Å². The highest BCUT2D eigenvalue weighted by Gasteiger charge is 2.19. The van der Waals surface area contributed by atoms with Crippen molar-refractivity contribution >= 4 is 5.78 Å². The molecule has 0 radical (unpaired) electrons. The minimum Gasteiger partial charge on any atom is -0.295 e. The molecule has 68 valence electrons. The zero-order valence-corrected chi connectivity index (χ0v) is 8.26. The zero-order chi connectivity index (χ0) is 9.14. The van der Waals surface area contributed by atoms with Gasteiger partial charge in [-0.05, 0) is 37.7 Å². The number of hydrogen-bond donors (Lipinski definition) is 0. The van der Waals surface area contributed by atoms with E-state index >= 15 is 0 Å². The Morgan fingerprint density at radius 1 is 1.50 bits per heavy atom. The first-order valence-electron chi connectivity index (χ1n) is 4.78. The lowest BCUT2D eigenvalue weighted by atomic mass is 9.83. The molecule has 1 atom stereocenters. The predicted molar refractivity (Wildman–Crippen MR) is 50.9 cm³/mol. The van der Waals surface area contributed by atoms with E-state index in [-0.39, 0.29) is 0 Å². The van der Waals surface area contributed by atoms with Gasteiger partial charge in [0.2, 0.25) is 0 Å². The van der Waals surface area contributed by atoms with Crippen LogP contribution in [0.15, 0.2) is 11.6 Å². The summed E-state index contributed by atoms with van der Waals surface area (Å²) in [7, 11) is 0. The van der Waals surface area contributed by atoms with E-state index in [1.165, 1.54) is 12.0 Å². The Labute approximate surface area is 74.9 Å². The van der Waals surface area contributed by atoms with Crippen LogP contribution in [0.1, 0.15) is 40.0 Å². The molecule has 0 heterocycles. The maximum atomic E-state index is 11.2. The van der Waals surface area contributed by atoms with Crippen molar-refractivity contribution in [2.75, 3.05) is 0 Å². The summed E-state index contributed by atoms with van der Waals surface area (Å²) in [4.78, 5) is 11.2. The van der Waals surface area contributed by atoms with Gasteiger partial charge in [-0.3, -0.25) is 4.79 Å². The van der Waals surface area contributed by atoms with Gasteiger partial charge in [-0.25, -0.2) is 0 Å². The predicted octanol–water partition coefficient (Wildman–Crippen LogP) is 2.96. The summed E-state index contributed by atoms with van der Waals surface area (Å²) in [5.74, 6) is 1.65. The van der Waals surface area contributed by atoms with Gasteiger partial charge in [0.25, 0.3) is 0 Å². The number of allylic oxidation sites excluding steroid dienone is 2. The van der Waals surface area contributed by atoms with Crippen molar-refractivity contribution in [3.63, 3.8) is 0 Å². The molecule has 12 heavy (non-hydrogen) atoms. The Hall–Kier alpha value is -0.590. The average Bonchev–Trinajstić information content (AvgIpc) is 1.81. The molecule has 0 spiro atoms. The number of rotatable bonds is 2. The largest absolute Gasteiger partial charge is 0.295 e. The van der Waals surface area contributed by atoms with Crippen molar-refractivity contribution in [3.05, 3.63) is 11.6 Å². The van der Waals surface area contributed by atoms with Crippen molar-refractivity contribution in [2.24, 2.45) is 11.8 Å². The lowest BCUT2D eigenvalue weighted by Gasteiger charge is -2.21. The van der Waals surface area contributed by atoms with Gasteiger partial charge in [0.1, 0.15) is 0 Å². The molecule has 0 bridgehead atoms. The van der Waals surface area contributed by atoms with E-state index < -0.39 is 0 Å². The van der Waals surface area contributed by atoms with Crippen LogP contribution in [0.4, 0.5) is 0 Å². The Morgan fingerprint density at radius 3 is 2.67 bits per heavy atom. The van der Waals surface area contributed by atoms with Crippen molar-refractivity contribution in [1.82, 2.24) is 0 Å². The Bertz CT molecular complexity index is 201. The highest BCUT2D eigenvalue weighted by atomic mass is 16.1. The molecule has 0 fully saturated rings. The molecule has 0 aromatic carbocycles. The lowest BCUT2D eigenvalue weighted by Crippen LogP contribution is -2.14. The molecule has 1 aliphatic rings. The van der Waals surface area contributed by atoms with Crippen LogP contribution >= 0.6 is 0 Å². The van der Waals surface area contributed by atoms with Crippen LogP contribution < -0.4 is 0 Å². The van der Waals surface area contributed by atoms with Gasteiger partial charge in [0.15, 0.2) is 5.78 Å². The van der Waals surface area contributed by atoms with Crippen LogP contribution in [0.2, 0.25) is 0 Å². The third-order valence-electron chi connectivity index (χ3n) is 2.31. The fourth-order valence-corrected chi connectivity index (χ4v) is 2.04. The highest BCUT2D eigenvalue weighted by Crippen LogP contribution is 2.27. The van der Waals surface area contributed by atoms with E-state index in [9.17, 15) is 4.79 Å². The van der Waals surface area contributed by atoms with Gasteiger partial charge in [0, 0.05) is 6.42 Å². The van der Waals surface area contributed by atoms with E-state index in [1.807, 2.05) is 0 Å². The smallest absolute Gasteiger partial charge is 0.155 e. The van der Waals surface area contributed by atoms with Gasteiger partial charge < -0.3 is 0 Å². The Morgan fingerprint density at radius 2 is 2.17 bits per heavy atom. The van der Waals surface area contributed by atoms with Crippen LogP contribution in [0.5, 0.6) is 0 Å². The molecule has 0 unspecified atom stereocenters. The molecule has 0 aromatic heterocycles. The summed E-state index contributed by atoms with van der Waals surface area (Å²) in [6.07, 6.45) is 4.90. The number of carbonyl (C=O) groups excluding carboxylic acids is 1. The molecule has 1 heteroatoms. The summed E-state index contributed by atoms with van der Waals surface area (Å²) in [6, 6.07) is 0. The fourth-order valence-electron chi connectivity index (χ4n) is 2.04.